The van der Waals surface area contributed by atoms with Gasteiger partial charge in [0, 0.05) is 12.5 Å². The van der Waals surface area contributed by atoms with Gasteiger partial charge in [0.2, 0.25) is 5.91 Å². The quantitative estimate of drug-likeness (QED) is 0.474. The van der Waals surface area contributed by atoms with Crippen molar-refractivity contribution in [1.82, 2.24) is 4.90 Å². The van der Waals surface area contributed by atoms with Gasteiger partial charge >= 0.3 is 0 Å². The minimum atomic E-state index is -1.04. The largest absolute Gasteiger partial charge is 0.483 e. The number of halogens is 3. The third-order valence-electron chi connectivity index (χ3n) is 5.86. The van der Waals surface area contributed by atoms with Crippen LogP contribution in [0.15, 0.2) is 66.7 Å². The molecule has 3 aromatic carbocycles. The Morgan fingerprint density at radius 2 is 1.64 bits per heavy atom. The zero-order chi connectivity index (χ0) is 23.5. The normalized spacial score (nSPS) is 17.5. The summed E-state index contributed by atoms with van der Waals surface area (Å²) in [5.41, 5.74) is 1.35. The Morgan fingerprint density at radius 1 is 0.970 bits per heavy atom. The van der Waals surface area contributed by atoms with Crippen LogP contribution in [0, 0.1) is 28.8 Å². The van der Waals surface area contributed by atoms with E-state index >= 15 is 0 Å². The standard InChI is InChI=1S/C26H21F3N2O2/c1-16-2-13-24(32)31(16)25(18-5-8-20(27)9-6-18)26(19-7-12-22(28)23(29)14-19)33-21-10-3-17(15-30)4-11-21/h3-12,14,16,25-26H,2,13H2,1H3/t16?,25-,26+/m0/s1. The molecule has 0 bridgehead atoms. The Bertz CT molecular complexity index is 1190. The molecule has 1 unspecified atom stereocenters. The first-order chi connectivity index (χ1) is 15.9. The Kier molecular flexibility index (Phi) is 6.36. The zero-order valence-corrected chi connectivity index (χ0v) is 17.8. The first-order valence-electron chi connectivity index (χ1n) is 10.6. The van der Waals surface area contributed by atoms with E-state index in [2.05, 4.69) is 0 Å². The highest BCUT2D eigenvalue weighted by Crippen LogP contribution is 2.42. The summed E-state index contributed by atoms with van der Waals surface area (Å²) in [6.07, 6.45) is 0.0565. The summed E-state index contributed by atoms with van der Waals surface area (Å²) < 4.78 is 47.9. The van der Waals surface area contributed by atoms with Crippen LogP contribution in [0.1, 0.15) is 48.6 Å². The van der Waals surface area contributed by atoms with Gasteiger partial charge < -0.3 is 9.64 Å². The molecule has 1 aliphatic heterocycles. The predicted molar refractivity (Wildman–Crippen MR) is 116 cm³/mol. The summed E-state index contributed by atoms with van der Waals surface area (Å²) in [7, 11) is 0. The summed E-state index contributed by atoms with van der Waals surface area (Å²) in [5, 5.41) is 9.06. The SMILES string of the molecule is CC1CCC(=O)N1[C@@H](c1ccc(F)cc1)[C@H](Oc1ccc(C#N)cc1)c1ccc(F)c(F)c1. The van der Waals surface area contributed by atoms with Gasteiger partial charge in [0.1, 0.15) is 17.7 Å². The Hall–Kier alpha value is -3.79. The number of carbonyl (C=O) groups is 1. The summed E-state index contributed by atoms with van der Waals surface area (Å²) in [6, 6.07) is 16.7. The number of amides is 1. The van der Waals surface area contributed by atoms with Crippen LogP contribution in [0.25, 0.3) is 0 Å². The van der Waals surface area contributed by atoms with Crippen LogP contribution >= 0.6 is 0 Å². The summed E-state index contributed by atoms with van der Waals surface area (Å²) in [5.74, 6) is -2.20. The van der Waals surface area contributed by atoms with Crippen molar-refractivity contribution in [2.45, 2.75) is 38.0 Å². The fraction of sp³-hybridized carbons (Fsp3) is 0.231. The molecule has 4 rings (SSSR count). The van der Waals surface area contributed by atoms with Crippen molar-refractivity contribution in [2.24, 2.45) is 0 Å². The highest BCUT2D eigenvalue weighted by molar-refractivity contribution is 5.79. The zero-order valence-electron chi connectivity index (χ0n) is 17.8. The van der Waals surface area contributed by atoms with E-state index in [-0.39, 0.29) is 11.9 Å². The number of likely N-dealkylation sites (tertiary alicyclic amines) is 1. The molecule has 1 heterocycles. The number of carbonyl (C=O) groups excluding carboxylic acids is 1. The Labute approximate surface area is 189 Å². The third kappa shape index (κ3) is 4.70. The molecule has 0 N–H and O–H groups in total. The third-order valence-corrected chi connectivity index (χ3v) is 5.86. The molecule has 33 heavy (non-hydrogen) atoms. The van der Waals surface area contributed by atoms with Crippen LogP contribution in [-0.4, -0.2) is 16.8 Å². The maximum atomic E-state index is 14.2. The number of nitriles is 1. The molecule has 0 saturated carbocycles. The minimum Gasteiger partial charge on any atom is -0.483 e. The highest BCUT2D eigenvalue weighted by Gasteiger charge is 2.40. The molecule has 4 nitrogen and oxygen atoms in total. The predicted octanol–water partition coefficient (Wildman–Crippen LogP) is 5.85. The molecular weight excluding hydrogens is 429 g/mol. The van der Waals surface area contributed by atoms with Crippen LogP contribution in [-0.2, 0) is 4.79 Å². The molecule has 1 aliphatic rings. The van der Waals surface area contributed by atoms with E-state index in [1.54, 1.807) is 41.3 Å². The van der Waals surface area contributed by atoms with Gasteiger partial charge in [0.25, 0.3) is 0 Å². The van der Waals surface area contributed by atoms with Crippen LogP contribution in [0.3, 0.4) is 0 Å². The lowest BCUT2D eigenvalue weighted by molar-refractivity contribution is -0.133. The van der Waals surface area contributed by atoms with Gasteiger partial charge in [0.15, 0.2) is 11.6 Å². The number of nitrogens with zero attached hydrogens (tertiary/aromatic N) is 2. The number of hydrogen-bond donors (Lipinski definition) is 0. The Morgan fingerprint density at radius 3 is 2.21 bits per heavy atom. The molecule has 0 spiro atoms. The molecule has 0 aliphatic carbocycles. The molecule has 0 radical (unpaired) electrons. The topological polar surface area (TPSA) is 53.3 Å². The molecule has 3 aromatic rings. The molecule has 7 heteroatoms. The lowest BCUT2D eigenvalue weighted by atomic mass is 9.93. The number of rotatable bonds is 6. The molecular formula is C26H21F3N2O2. The van der Waals surface area contributed by atoms with E-state index in [1.807, 2.05) is 13.0 Å². The van der Waals surface area contributed by atoms with E-state index in [9.17, 15) is 18.0 Å². The van der Waals surface area contributed by atoms with Crippen LogP contribution in [0.5, 0.6) is 5.75 Å². The van der Waals surface area contributed by atoms with Gasteiger partial charge in [-0.05, 0) is 73.0 Å². The van der Waals surface area contributed by atoms with Gasteiger partial charge in [-0.1, -0.05) is 18.2 Å². The van der Waals surface area contributed by atoms with Crippen molar-refractivity contribution < 1.29 is 22.7 Å². The Balaban J connectivity index is 1.85. The monoisotopic (exact) mass is 450 g/mol. The van der Waals surface area contributed by atoms with E-state index in [1.165, 1.54) is 18.2 Å². The molecule has 0 aromatic heterocycles. The molecule has 168 valence electrons. The maximum Gasteiger partial charge on any atom is 0.223 e. The number of hydrogen-bond acceptors (Lipinski definition) is 3. The summed E-state index contributed by atoms with van der Waals surface area (Å²) >= 11 is 0. The summed E-state index contributed by atoms with van der Waals surface area (Å²) in [6.45, 7) is 1.91. The minimum absolute atomic E-state index is 0.104. The molecule has 1 fully saturated rings. The number of ether oxygens (including phenoxy) is 1. The summed E-state index contributed by atoms with van der Waals surface area (Å²) in [4.78, 5) is 14.6. The fourth-order valence-corrected chi connectivity index (χ4v) is 4.18. The van der Waals surface area contributed by atoms with Crippen LogP contribution in [0.2, 0.25) is 0 Å². The van der Waals surface area contributed by atoms with Gasteiger partial charge in [0.05, 0.1) is 17.7 Å². The lowest BCUT2D eigenvalue weighted by Crippen LogP contribution is -2.40. The fourth-order valence-electron chi connectivity index (χ4n) is 4.18. The van der Waals surface area contributed by atoms with E-state index in [0.29, 0.717) is 35.3 Å². The van der Waals surface area contributed by atoms with Crippen molar-refractivity contribution in [2.75, 3.05) is 0 Å². The first-order valence-corrected chi connectivity index (χ1v) is 10.6. The second kappa shape index (κ2) is 9.37. The average molecular weight is 450 g/mol. The van der Waals surface area contributed by atoms with Crippen molar-refractivity contribution in [1.29, 1.82) is 5.26 Å². The maximum absolute atomic E-state index is 14.2. The van der Waals surface area contributed by atoms with Gasteiger partial charge in [-0.25, -0.2) is 13.2 Å². The second-order valence-corrected chi connectivity index (χ2v) is 8.03. The van der Waals surface area contributed by atoms with Gasteiger partial charge in [-0.15, -0.1) is 0 Å². The molecule has 3 atom stereocenters. The van der Waals surface area contributed by atoms with Gasteiger partial charge in [-0.3, -0.25) is 4.79 Å². The molecule has 1 saturated heterocycles. The lowest BCUT2D eigenvalue weighted by Gasteiger charge is -2.38. The van der Waals surface area contributed by atoms with Crippen molar-refractivity contribution >= 4 is 5.91 Å². The first kappa shape index (κ1) is 22.4. The van der Waals surface area contributed by atoms with Gasteiger partial charge in [-0.2, -0.15) is 5.26 Å². The van der Waals surface area contributed by atoms with Crippen molar-refractivity contribution in [3.8, 4) is 11.8 Å². The van der Waals surface area contributed by atoms with Crippen molar-refractivity contribution in [3.63, 3.8) is 0 Å². The highest BCUT2D eigenvalue weighted by atomic mass is 19.2. The average Bonchev–Trinajstić information content (AvgIpc) is 3.15. The van der Waals surface area contributed by atoms with Crippen LogP contribution in [0.4, 0.5) is 13.2 Å². The number of benzene rings is 3. The smallest absolute Gasteiger partial charge is 0.223 e. The van der Waals surface area contributed by atoms with Crippen molar-refractivity contribution in [3.05, 3.63) is 101 Å². The van der Waals surface area contributed by atoms with E-state index in [0.717, 1.165) is 12.1 Å². The van der Waals surface area contributed by atoms with E-state index < -0.39 is 29.6 Å². The molecule has 1 amide bonds. The van der Waals surface area contributed by atoms with E-state index in [4.69, 9.17) is 10.00 Å². The second-order valence-electron chi connectivity index (χ2n) is 8.03. The van der Waals surface area contributed by atoms with Crippen LogP contribution < -0.4 is 4.74 Å².